The van der Waals surface area contributed by atoms with Gasteiger partial charge in [-0.3, -0.25) is 0 Å². The molecule has 0 radical (unpaired) electrons. The van der Waals surface area contributed by atoms with Gasteiger partial charge >= 0.3 is 0 Å². The molecule has 1 heterocycles. The third-order valence-corrected chi connectivity index (χ3v) is 4.61. The third kappa shape index (κ3) is 4.56. The number of benzene rings is 1. The molecule has 0 spiro atoms. The summed E-state index contributed by atoms with van der Waals surface area (Å²) in [6, 6.07) is 6.67. The summed E-state index contributed by atoms with van der Waals surface area (Å²) in [5.74, 6) is 0.696. The van der Waals surface area contributed by atoms with Gasteiger partial charge in [0.2, 0.25) is 5.96 Å². The van der Waals surface area contributed by atoms with Crippen molar-refractivity contribution in [3.8, 4) is 0 Å². The van der Waals surface area contributed by atoms with Crippen molar-refractivity contribution in [1.82, 2.24) is 10.2 Å². The van der Waals surface area contributed by atoms with Crippen molar-refractivity contribution in [3.63, 3.8) is 0 Å². The molecule has 0 aromatic heterocycles. The molecule has 23 heavy (non-hydrogen) atoms. The van der Waals surface area contributed by atoms with Crippen molar-refractivity contribution in [2.24, 2.45) is 10.7 Å². The minimum atomic E-state index is -0.657. The van der Waals surface area contributed by atoms with E-state index in [2.05, 4.69) is 67.5 Å². The fourth-order valence-corrected chi connectivity index (χ4v) is 2.46. The first-order valence-corrected chi connectivity index (χ1v) is 8.13. The summed E-state index contributed by atoms with van der Waals surface area (Å²) in [4.78, 5) is 6.88. The maximum Gasteiger partial charge on any atom is 0.202 e. The molecule has 2 atom stereocenters. The number of nitrogens with one attached hydrogen (secondary N) is 2. The van der Waals surface area contributed by atoms with Gasteiger partial charge in [-0.15, -0.1) is 0 Å². The molecule has 1 aliphatic rings. The van der Waals surface area contributed by atoms with E-state index in [0.717, 1.165) is 18.5 Å². The van der Waals surface area contributed by atoms with Gasteiger partial charge in [-0.25, -0.2) is 4.99 Å². The van der Waals surface area contributed by atoms with Gasteiger partial charge in [-0.1, -0.05) is 12.1 Å². The minimum Gasteiger partial charge on any atom is -0.333 e. The smallest absolute Gasteiger partial charge is 0.202 e. The Bertz CT molecular complexity index is 605. The van der Waals surface area contributed by atoms with Crippen LogP contribution in [0.3, 0.4) is 0 Å². The number of anilines is 1. The van der Waals surface area contributed by atoms with Crippen LogP contribution >= 0.6 is 0 Å². The van der Waals surface area contributed by atoms with Crippen molar-refractivity contribution in [3.05, 3.63) is 41.6 Å². The zero-order valence-corrected chi connectivity index (χ0v) is 14.9. The lowest BCUT2D eigenvalue weighted by Gasteiger charge is -2.29. The first-order chi connectivity index (χ1) is 10.8. The van der Waals surface area contributed by atoms with Gasteiger partial charge in [0, 0.05) is 17.9 Å². The summed E-state index contributed by atoms with van der Waals surface area (Å²) in [6.07, 6.45) is 5.61. The summed E-state index contributed by atoms with van der Waals surface area (Å²) in [5.41, 5.74) is 9.31. The molecule has 4 N–H and O–H groups in total. The van der Waals surface area contributed by atoms with Gasteiger partial charge in [-0.05, 0) is 71.0 Å². The van der Waals surface area contributed by atoms with E-state index in [4.69, 9.17) is 5.73 Å². The van der Waals surface area contributed by atoms with E-state index < -0.39 is 5.66 Å². The normalized spacial score (nSPS) is 21.8. The molecule has 5 nitrogen and oxygen atoms in total. The lowest BCUT2D eigenvalue weighted by Crippen LogP contribution is -2.44. The van der Waals surface area contributed by atoms with Crippen LogP contribution in [0.5, 0.6) is 0 Å². The Hall–Kier alpha value is -1.85. The van der Waals surface area contributed by atoms with Crippen molar-refractivity contribution < 1.29 is 0 Å². The number of hydrogen-bond donors (Lipinski definition) is 3. The van der Waals surface area contributed by atoms with E-state index in [1.54, 1.807) is 0 Å². The summed E-state index contributed by atoms with van der Waals surface area (Å²) >= 11 is 0. The molecular formula is C18H29N5. The van der Waals surface area contributed by atoms with Crippen LogP contribution in [0, 0.1) is 13.8 Å². The Balaban J connectivity index is 2.08. The number of hydrogen-bond acceptors (Lipinski definition) is 5. The highest BCUT2D eigenvalue weighted by Crippen LogP contribution is 2.21. The van der Waals surface area contributed by atoms with Crippen LogP contribution in [0.1, 0.15) is 30.9 Å². The molecule has 0 saturated carbocycles. The van der Waals surface area contributed by atoms with Crippen LogP contribution in [0.25, 0.3) is 0 Å². The zero-order valence-electron chi connectivity index (χ0n) is 14.9. The van der Waals surface area contributed by atoms with Crippen LogP contribution in [0.4, 0.5) is 5.69 Å². The minimum absolute atomic E-state index is 0.476. The largest absolute Gasteiger partial charge is 0.333 e. The number of nitrogens with two attached hydrogens (primary N) is 1. The Labute approximate surface area is 139 Å². The van der Waals surface area contributed by atoms with E-state index >= 15 is 0 Å². The average molecular weight is 315 g/mol. The molecular weight excluding hydrogens is 286 g/mol. The second kappa shape index (κ2) is 7.15. The van der Waals surface area contributed by atoms with Crippen molar-refractivity contribution in [2.45, 2.75) is 45.3 Å². The highest BCUT2D eigenvalue weighted by molar-refractivity contribution is 5.95. The summed E-state index contributed by atoms with van der Waals surface area (Å²) in [5, 5.41) is 6.50. The monoisotopic (exact) mass is 315 g/mol. The first kappa shape index (κ1) is 17.5. The Kier molecular flexibility index (Phi) is 5.44. The predicted octanol–water partition coefficient (Wildman–Crippen LogP) is 2.57. The molecule has 0 aliphatic carbocycles. The Morgan fingerprint density at radius 3 is 2.78 bits per heavy atom. The van der Waals surface area contributed by atoms with E-state index in [9.17, 15) is 0 Å². The van der Waals surface area contributed by atoms with Gasteiger partial charge in [0.05, 0.1) is 0 Å². The number of nitrogens with zero attached hydrogens (tertiary/aromatic N) is 2. The zero-order chi connectivity index (χ0) is 17.0. The molecule has 0 saturated heterocycles. The SMILES string of the molecule is Cc1cccc(NC2=NC(N)(CCC(C)N(C)C)C=CN2)c1C. The standard InChI is InChI=1S/C18H29N5/c1-13-7-6-8-16(15(13)3)21-17-20-12-11-18(19,22-17)10-9-14(2)23(4)5/h6-8,11-12,14H,9-10,19H2,1-5H3,(H2,20,21,22). The lowest BCUT2D eigenvalue weighted by atomic mass is 10.0. The topological polar surface area (TPSA) is 65.7 Å². The summed E-state index contributed by atoms with van der Waals surface area (Å²) in [6.45, 7) is 6.41. The van der Waals surface area contributed by atoms with E-state index in [0.29, 0.717) is 12.0 Å². The van der Waals surface area contributed by atoms with Gasteiger partial charge in [-0.2, -0.15) is 0 Å². The quantitative estimate of drug-likeness (QED) is 0.781. The second-order valence-electron chi connectivity index (χ2n) is 6.65. The Morgan fingerprint density at radius 1 is 1.35 bits per heavy atom. The van der Waals surface area contributed by atoms with Crippen LogP contribution in [0.2, 0.25) is 0 Å². The molecule has 2 rings (SSSR count). The maximum atomic E-state index is 6.45. The maximum absolute atomic E-state index is 6.45. The predicted molar refractivity (Wildman–Crippen MR) is 98.6 cm³/mol. The van der Waals surface area contributed by atoms with Gasteiger partial charge in [0.15, 0.2) is 0 Å². The molecule has 0 fully saturated rings. The fourth-order valence-electron chi connectivity index (χ4n) is 2.46. The van der Waals surface area contributed by atoms with Crippen LogP contribution in [-0.4, -0.2) is 36.7 Å². The molecule has 2 unspecified atom stereocenters. The molecule has 1 aliphatic heterocycles. The number of guanidine groups is 1. The highest BCUT2D eigenvalue weighted by atomic mass is 15.2. The molecule has 1 aromatic carbocycles. The lowest BCUT2D eigenvalue weighted by molar-refractivity contribution is 0.278. The third-order valence-electron chi connectivity index (χ3n) is 4.61. The second-order valence-corrected chi connectivity index (χ2v) is 6.65. The molecule has 0 bridgehead atoms. The average Bonchev–Trinajstić information content (AvgIpc) is 2.49. The highest BCUT2D eigenvalue weighted by Gasteiger charge is 2.25. The van der Waals surface area contributed by atoms with E-state index in [-0.39, 0.29) is 0 Å². The number of aryl methyl sites for hydroxylation is 1. The van der Waals surface area contributed by atoms with Crippen LogP contribution in [0.15, 0.2) is 35.5 Å². The number of aliphatic imine (C=N–C) groups is 1. The van der Waals surface area contributed by atoms with Crippen LogP contribution < -0.4 is 16.4 Å². The summed E-state index contributed by atoms with van der Waals surface area (Å²) in [7, 11) is 4.17. The first-order valence-electron chi connectivity index (χ1n) is 8.13. The number of rotatable bonds is 5. The molecule has 0 amide bonds. The van der Waals surface area contributed by atoms with Gasteiger partial charge < -0.3 is 21.3 Å². The van der Waals surface area contributed by atoms with Gasteiger partial charge in [0.25, 0.3) is 0 Å². The van der Waals surface area contributed by atoms with Crippen molar-refractivity contribution in [2.75, 3.05) is 19.4 Å². The summed E-state index contributed by atoms with van der Waals surface area (Å²) < 4.78 is 0. The van der Waals surface area contributed by atoms with Crippen molar-refractivity contribution in [1.29, 1.82) is 0 Å². The van der Waals surface area contributed by atoms with Crippen molar-refractivity contribution >= 4 is 11.6 Å². The Morgan fingerprint density at radius 2 is 2.09 bits per heavy atom. The fraction of sp³-hybridized carbons (Fsp3) is 0.500. The molecule has 126 valence electrons. The molecule has 5 heteroatoms. The van der Waals surface area contributed by atoms with E-state index in [1.165, 1.54) is 11.1 Å². The van der Waals surface area contributed by atoms with Gasteiger partial charge in [0.1, 0.15) is 5.66 Å². The van der Waals surface area contributed by atoms with Crippen LogP contribution in [-0.2, 0) is 0 Å². The van der Waals surface area contributed by atoms with E-state index in [1.807, 2.05) is 18.3 Å². The molecule has 1 aromatic rings.